The lowest BCUT2D eigenvalue weighted by Crippen LogP contribution is -2.16. The summed E-state index contributed by atoms with van der Waals surface area (Å²) in [4.78, 5) is 4.37. The van der Waals surface area contributed by atoms with E-state index >= 15 is 0 Å². The molecule has 0 radical (unpaired) electrons. The lowest BCUT2D eigenvalue weighted by molar-refractivity contribution is 0.449. The minimum atomic E-state index is 0.684. The molecule has 3 heteroatoms. The molecule has 0 amide bonds. The molecule has 1 N–H and O–H groups in total. The molecule has 1 heterocycles. The molecule has 0 aliphatic heterocycles. The first kappa shape index (κ1) is 13.1. The molecule has 3 nitrogen and oxygen atoms in total. The lowest BCUT2D eigenvalue weighted by atomic mass is 10.1. The van der Waals surface area contributed by atoms with Crippen molar-refractivity contribution in [1.29, 1.82) is 0 Å². The van der Waals surface area contributed by atoms with Gasteiger partial charge in [-0.3, -0.25) is 0 Å². The number of nitrogens with zero attached hydrogens (tertiary/aromatic N) is 1. The number of nitrogens with one attached hydrogen (secondary N) is 1. The third-order valence-corrected chi connectivity index (χ3v) is 3.55. The number of rotatable bonds is 5. The highest BCUT2D eigenvalue weighted by molar-refractivity contribution is 5.39. The van der Waals surface area contributed by atoms with E-state index in [9.17, 15) is 0 Å². The van der Waals surface area contributed by atoms with Crippen LogP contribution in [0, 0.1) is 13.8 Å². The molecule has 20 heavy (non-hydrogen) atoms. The van der Waals surface area contributed by atoms with E-state index in [0.29, 0.717) is 11.9 Å². The van der Waals surface area contributed by atoms with Crippen LogP contribution < -0.4 is 10.1 Å². The SMILES string of the molecule is Cc1ccc(Oc2ncccc2CNC2CC2)c(C)c1. The van der Waals surface area contributed by atoms with Gasteiger partial charge in [-0.05, 0) is 44.4 Å². The van der Waals surface area contributed by atoms with E-state index in [2.05, 4.69) is 42.3 Å². The van der Waals surface area contributed by atoms with Crippen molar-refractivity contribution in [3.8, 4) is 11.6 Å². The normalized spacial score (nSPS) is 14.3. The van der Waals surface area contributed by atoms with Crippen molar-refractivity contribution in [3.63, 3.8) is 0 Å². The van der Waals surface area contributed by atoms with Crippen LogP contribution in [0.3, 0.4) is 0 Å². The van der Waals surface area contributed by atoms with Crippen molar-refractivity contribution in [2.24, 2.45) is 0 Å². The van der Waals surface area contributed by atoms with Gasteiger partial charge in [-0.15, -0.1) is 0 Å². The summed E-state index contributed by atoms with van der Waals surface area (Å²) < 4.78 is 6.00. The van der Waals surface area contributed by atoms with Gasteiger partial charge in [0.1, 0.15) is 5.75 Å². The summed E-state index contributed by atoms with van der Waals surface area (Å²) in [6.07, 6.45) is 4.35. The Hall–Kier alpha value is -1.87. The van der Waals surface area contributed by atoms with E-state index in [-0.39, 0.29) is 0 Å². The topological polar surface area (TPSA) is 34.1 Å². The van der Waals surface area contributed by atoms with Gasteiger partial charge >= 0.3 is 0 Å². The second-order valence-corrected chi connectivity index (χ2v) is 5.49. The standard InChI is InChI=1S/C17H20N2O/c1-12-5-8-16(13(2)10-12)20-17-14(4-3-9-18-17)11-19-15-6-7-15/h3-5,8-10,15,19H,6-7,11H2,1-2H3. The summed E-state index contributed by atoms with van der Waals surface area (Å²) in [5, 5.41) is 3.50. The molecule has 1 aliphatic carbocycles. The van der Waals surface area contributed by atoms with Crippen LogP contribution in [-0.4, -0.2) is 11.0 Å². The summed E-state index contributed by atoms with van der Waals surface area (Å²) in [6.45, 7) is 4.97. The fraction of sp³-hybridized carbons (Fsp3) is 0.353. The number of aromatic nitrogens is 1. The van der Waals surface area contributed by atoms with E-state index in [1.54, 1.807) is 6.20 Å². The fourth-order valence-corrected chi connectivity index (χ4v) is 2.21. The van der Waals surface area contributed by atoms with Crippen molar-refractivity contribution in [1.82, 2.24) is 10.3 Å². The highest BCUT2D eigenvalue weighted by Gasteiger charge is 2.20. The number of hydrogen-bond acceptors (Lipinski definition) is 3. The predicted molar refractivity (Wildman–Crippen MR) is 80.1 cm³/mol. The Morgan fingerprint density at radius 3 is 2.85 bits per heavy atom. The molecular weight excluding hydrogens is 248 g/mol. The van der Waals surface area contributed by atoms with Crippen LogP contribution in [0.25, 0.3) is 0 Å². The molecule has 1 aliphatic rings. The summed E-state index contributed by atoms with van der Waals surface area (Å²) in [5.41, 5.74) is 3.49. The van der Waals surface area contributed by atoms with Gasteiger partial charge < -0.3 is 10.1 Å². The third-order valence-electron chi connectivity index (χ3n) is 3.55. The van der Waals surface area contributed by atoms with E-state index in [4.69, 9.17) is 4.74 Å². The molecular formula is C17H20N2O. The summed E-state index contributed by atoms with van der Waals surface area (Å²) in [7, 11) is 0. The van der Waals surface area contributed by atoms with E-state index in [1.165, 1.54) is 18.4 Å². The summed E-state index contributed by atoms with van der Waals surface area (Å²) in [5.74, 6) is 1.58. The van der Waals surface area contributed by atoms with Gasteiger partial charge in [0, 0.05) is 24.3 Å². The van der Waals surface area contributed by atoms with Crippen molar-refractivity contribution in [2.75, 3.05) is 0 Å². The molecule has 0 spiro atoms. The van der Waals surface area contributed by atoms with Gasteiger partial charge in [0.25, 0.3) is 0 Å². The highest BCUT2D eigenvalue weighted by atomic mass is 16.5. The first-order chi connectivity index (χ1) is 9.72. The quantitative estimate of drug-likeness (QED) is 0.897. The van der Waals surface area contributed by atoms with Crippen molar-refractivity contribution in [2.45, 2.75) is 39.3 Å². The Bertz CT molecular complexity index is 606. The van der Waals surface area contributed by atoms with Crippen LogP contribution in [-0.2, 0) is 6.54 Å². The molecule has 1 fully saturated rings. The molecule has 1 aromatic carbocycles. The number of aryl methyl sites for hydroxylation is 2. The smallest absolute Gasteiger partial charge is 0.223 e. The number of hydrogen-bond donors (Lipinski definition) is 1. The molecule has 0 bridgehead atoms. The molecule has 0 saturated heterocycles. The number of benzene rings is 1. The van der Waals surface area contributed by atoms with Gasteiger partial charge in [-0.2, -0.15) is 0 Å². The van der Waals surface area contributed by atoms with Crippen LogP contribution in [0.5, 0.6) is 11.6 Å². The van der Waals surface area contributed by atoms with Crippen LogP contribution in [0.4, 0.5) is 0 Å². The first-order valence-corrected chi connectivity index (χ1v) is 7.15. The maximum Gasteiger partial charge on any atom is 0.223 e. The monoisotopic (exact) mass is 268 g/mol. The molecule has 0 atom stereocenters. The molecule has 3 rings (SSSR count). The molecule has 1 aromatic heterocycles. The van der Waals surface area contributed by atoms with E-state index in [1.807, 2.05) is 12.1 Å². The second kappa shape index (κ2) is 5.63. The Kier molecular flexibility index (Phi) is 3.70. The summed E-state index contributed by atoms with van der Waals surface area (Å²) in [6, 6.07) is 10.9. The largest absolute Gasteiger partial charge is 0.438 e. The highest BCUT2D eigenvalue weighted by Crippen LogP contribution is 2.27. The van der Waals surface area contributed by atoms with Crippen molar-refractivity contribution >= 4 is 0 Å². The van der Waals surface area contributed by atoms with Crippen LogP contribution in [0.2, 0.25) is 0 Å². The maximum absolute atomic E-state index is 6.00. The van der Waals surface area contributed by atoms with Crippen LogP contribution in [0.15, 0.2) is 36.5 Å². The van der Waals surface area contributed by atoms with Crippen molar-refractivity contribution in [3.05, 3.63) is 53.2 Å². The number of ether oxygens (including phenoxy) is 1. The average molecular weight is 268 g/mol. The minimum absolute atomic E-state index is 0.684. The van der Waals surface area contributed by atoms with Gasteiger partial charge in [0.05, 0.1) is 0 Å². The van der Waals surface area contributed by atoms with Gasteiger partial charge in [-0.1, -0.05) is 23.8 Å². The van der Waals surface area contributed by atoms with Crippen LogP contribution in [0.1, 0.15) is 29.5 Å². The lowest BCUT2D eigenvalue weighted by Gasteiger charge is -2.12. The fourth-order valence-electron chi connectivity index (χ4n) is 2.21. The Labute approximate surface area is 120 Å². The Morgan fingerprint density at radius 1 is 1.25 bits per heavy atom. The van der Waals surface area contributed by atoms with Crippen molar-refractivity contribution < 1.29 is 4.74 Å². The van der Waals surface area contributed by atoms with E-state index in [0.717, 1.165) is 23.4 Å². The average Bonchev–Trinajstić information content (AvgIpc) is 3.25. The third kappa shape index (κ3) is 3.17. The molecule has 1 saturated carbocycles. The predicted octanol–water partition coefficient (Wildman–Crippen LogP) is 3.74. The minimum Gasteiger partial charge on any atom is -0.438 e. The van der Waals surface area contributed by atoms with Gasteiger partial charge in [-0.25, -0.2) is 4.98 Å². The van der Waals surface area contributed by atoms with Crippen LogP contribution >= 0.6 is 0 Å². The van der Waals surface area contributed by atoms with Gasteiger partial charge in [0.15, 0.2) is 0 Å². The summed E-state index contributed by atoms with van der Waals surface area (Å²) >= 11 is 0. The number of pyridine rings is 1. The maximum atomic E-state index is 6.00. The Morgan fingerprint density at radius 2 is 2.10 bits per heavy atom. The van der Waals surface area contributed by atoms with Gasteiger partial charge in [0.2, 0.25) is 5.88 Å². The zero-order valence-corrected chi connectivity index (χ0v) is 12.0. The molecule has 2 aromatic rings. The second-order valence-electron chi connectivity index (χ2n) is 5.49. The zero-order chi connectivity index (χ0) is 13.9. The van der Waals surface area contributed by atoms with E-state index < -0.39 is 0 Å². The zero-order valence-electron chi connectivity index (χ0n) is 12.0. The Balaban J connectivity index is 1.78. The molecule has 0 unspecified atom stereocenters. The first-order valence-electron chi connectivity index (χ1n) is 7.15. The molecule has 104 valence electrons.